The molecule has 0 aromatic rings. The van der Waals surface area contributed by atoms with Crippen LogP contribution >= 0.6 is 0 Å². The Bertz CT molecular complexity index is 309. The van der Waals surface area contributed by atoms with Crippen molar-refractivity contribution in [3.05, 3.63) is 0 Å². The SMILES string of the molecule is O=C(CN1CCCC1C1CCCC1)N1CCNCC1. The number of hydrogen-bond donors (Lipinski definition) is 1. The van der Waals surface area contributed by atoms with Crippen LogP contribution in [0.4, 0.5) is 0 Å². The fraction of sp³-hybridized carbons (Fsp3) is 0.933. The molecular formula is C15H27N3O. The summed E-state index contributed by atoms with van der Waals surface area (Å²) in [6.07, 6.45) is 8.20. The van der Waals surface area contributed by atoms with E-state index in [0.717, 1.165) is 38.6 Å². The average molecular weight is 265 g/mol. The van der Waals surface area contributed by atoms with E-state index in [2.05, 4.69) is 10.2 Å². The van der Waals surface area contributed by atoms with Gasteiger partial charge in [-0.05, 0) is 38.1 Å². The van der Waals surface area contributed by atoms with Crippen LogP contribution in [0.25, 0.3) is 0 Å². The van der Waals surface area contributed by atoms with Gasteiger partial charge in [-0.15, -0.1) is 0 Å². The first-order valence-electron chi connectivity index (χ1n) is 8.07. The number of amides is 1. The van der Waals surface area contributed by atoms with Gasteiger partial charge in [0.15, 0.2) is 0 Å². The zero-order valence-electron chi connectivity index (χ0n) is 11.9. The van der Waals surface area contributed by atoms with Crippen molar-refractivity contribution in [3.8, 4) is 0 Å². The smallest absolute Gasteiger partial charge is 0.236 e. The van der Waals surface area contributed by atoms with Gasteiger partial charge >= 0.3 is 0 Å². The van der Waals surface area contributed by atoms with E-state index in [1.807, 2.05) is 4.90 Å². The van der Waals surface area contributed by atoms with Gasteiger partial charge in [-0.25, -0.2) is 0 Å². The highest BCUT2D eigenvalue weighted by atomic mass is 16.2. The zero-order valence-corrected chi connectivity index (χ0v) is 11.9. The number of rotatable bonds is 3. The van der Waals surface area contributed by atoms with E-state index < -0.39 is 0 Å². The van der Waals surface area contributed by atoms with Gasteiger partial charge in [0, 0.05) is 32.2 Å². The van der Waals surface area contributed by atoms with Gasteiger partial charge in [-0.1, -0.05) is 12.8 Å². The summed E-state index contributed by atoms with van der Waals surface area (Å²) in [7, 11) is 0. The Labute approximate surface area is 116 Å². The molecule has 1 N–H and O–H groups in total. The van der Waals surface area contributed by atoms with Crippen molar-refractivity contribution in [2.24, 2.45) is 5.92 Å². The van der Waals surface area contributed by atoms with Gasteiger partial charge in [0.1, 0.15) is 0 Å². The summed E-state index contributed by atoms with van der Waals surface area (Å²) in [5.74, 6) is 1.23. The summed E-state index contributed by atoms with van der Waals surface area (Å²) >= 11 is 0. The molecule has 1 atom stereocenters. The van der Waals surface area contributed by atoms with E-state index in [4.69, 9.17) is 0 Å². The molecule has 2 heterocycles. The Balaban J connectivity index is 1.53. The second-order valence-corrected chi connectivity index (χ2v) is 6.36. The molecule has 0 aromatic carbocycles. The highest BCUT2D eigenvalue weighted by Crippen LogP contribution is 2.35. The first-order chi connectivity index (χ1) is 9.34. The van der Waals surface area contributed by atoms with Crippen LogP contribution in [0.2, 0.25) is 0 Å². The number of carbonyl (C=O) groups is 1. The Morgan fingerprint density at radius 1 is 1.00 bits per heavy atom. The van der Waals surface area contributed by atoms with Crippen LogP contribution in [0.1, 0.15) is 38.5 Å². The van der Waals surface area contributed by atoms with Crippen molar-refractivity contribution in [2.45, 2.75) is 44.6 Å². The van der Waals surface area contributed by atoms with Crippen LogP contribution in [0.3, 0.4) is 0 Å². The van der Waals surface area contributed by atoms with Gasteiger partial charge in [0.05, 0.1) is 6.54 Å². The van der Waals surface area contributed by atoms with Gasteiger partial charge < -0.3 is 10.2 Å². The molecule has 1 aliphatic carbocycles. The number of nitrogens with one attached hydrogen (secondary N) is 1. The minimum Gasteiger partial charge on any atom is -0.339 e. The molecule has 2 aliphatic heterocycles. The lowest BCUT2D eigenvalue weighted by atomic mass is 9.96. The van der Waals surface area contributed by atoms with Crippen LogP contribution in [0.15, 0.2) is 0 Å². The zero-order chi connectivity index (χ0) is 13.1. The van der Waals surface area contributed by atoms with Crippen molar-refractivity contribution in [1.29, 1.82) is 0 Å². The third-order valence-electron chi connectivity index (χ3n) is 5.17. The van der Waals surface area contributed by atoms with Crippen LogP contribution in [0, 0.1) is 5.92 Å². The molecule has 1 amide bonds. The van der Waals surface area contributed by atoms with E-state index >= 15 is 0 Å². The predicted molar refractivity (Wildman–Crippen MR) is 76.0 cm³/mol. The van der Waals surface area contributed by atoms with Crippen LogP contribution in [0.5, 0.6) is 0 Å². The normalized spacial score (nSPS) is 30.1. The third kappa shape index (κ3) is 3.11. The maximum atomic E-state index is 12.4. The highest BCUT2D eigenvalue weighted by molar-refractivity contribution is 5.78. The topological polar surface area (TPSA) is 35.6 Å². The van der Waals surface area contributed by atoms with E-state index in [9.17, 15) is 4.79 Å². The fourth-order valence-electron chi connectivity index (χ4n) is 4.11. The lowest BCUT2D eigenvalue weighted by molar-refractivity contribution is -0.133. The van der Waals surface area contributed by atoms with Crippen molar-refractivity contribution in [3.63, 3.8) is 0 Å². The standard InChI is InChI=1S/C15H27N3O/c19-15(17-10-7-16-8-11-17)12-18-9-3-6-14(18)13-4-1-2-5-13/h13-14,16H,1-12H2. The van der Waals surface area contributed by atoms with Crippen LogP contribution < -0.4 is 5.32 Å². The van der Waals surface area contributed by atoms with Crippen LogP contribution in [-0.2, 0) is 4.79 Å². The third-order valence-corrected chi connectivity index (χ3v) is 5.17. The molecule has 3 fully saturated rings. The molecule has 108 valence electrons. The van der Waals surface area contributed by atoms with E-state index in [-0.39, 0.29) is 0 Å². The summed E-state index contributed by atoms with van der Waals surface area (Å²) in [6, 6.07) is 0.703. The molecule has 1 saturated carbocycles. The maximum Gasteiger partial charge on any atom is 0.236 e. The summed E-state index contributed by atoms with van der Waals surface area (Å²) in [5.41, 5.74) is 0. The van der Waals surface area contributed by atoms with Gasteiger partial charge in [-0.2, -0.15) is 0 Å². The molecule has 1 unspecified atom stereocenters. The summed E-state index contributed by atoms with van der Waals surface area (Å²) in [4.78, 5) is 16.9. The Kier molecular flexibility index (Phi) is 4.38. The van der Waals surface area contributed by atoms with Crippen molar-refractivity contribution in [2.75, 3.05) is 39.3 Å². The molecule has 0 radical (unpaired) electrons. The van der Waals surface area contributed by atoms with E-state index in [0.29, 0.717) is 18.5 Å². The first-order valence-corrected chi connectivity index (χ1v) is 8.07. The highest BCUT2D eigenvalue weighted by Gasteiger charge is 2.34. The molecule has 19 heavy (non-hydrogen) atoms. The molecule has 0 spiro atoms. The Morgan fingerprint density at radius 2 is 1.74 bits per heavy atom. The molecule has 0 bridgehead atoms. The van der Waals surface area contributed by atoms with E-state index in [1.54, 1.807) is 0 Å². The second-order valence-electron chi connectivity index (χ2n) is 6.36. The summed E-state index contributed by atoms with van der Waals surface area (Å²) in [6.45, 7) is 5.50. The Morgan fingerprint density at radius 3 is 2.47 bits per heavy atom. The number of hydrogen-bond acceptors (Lipinski definition) is 3. The average Bonchev–Trinajstić information content (AvgIpc) is 3.10. The molecule has 3 rings (SSSR count). The lowest BCUT2D eigenvalue weighted by Crippen LogP contribution is -2.50. The van der Waals surface area contributed by atoms with E-state index in [1.165, 1.54) is 38.5 Å². The minimum absolute atomic E-state index is 0.353. The minimum atomic E-state index is 0.353. The number of nitrogens with zero attached hydrogens (tertiary/aromatic N) is 2. The molecule has 2 saturated heterocycles. The Hall–Kier alpha value is -0.610. The van der Waals surface area contributed by atoms with Crippen LogP contribution in [-0.4, -0.2) is 61.0 Å². The summed E-state index contributed by atoms with van der Waals surface area (Å²) < 4.78 is 0. The number of carbonyl (C=O) groups excluding carboxylic acids is 1. The number of piperazine rings is 1. The second kappa shape index (κ2) is 6.23. The first kappa shape index (κ1) is 13.4. The molecular weight excluding hydrogens is 238 g/mol. The van der Waals surface area contributed by atoms with Crippen molar-refractivity contribution >= 4 is 5.91 Å². The monoisotopic (exact) mass is 265 g/mol. The number of likely N-dealkylation sites (tertiary alicyclic amines) is 1. The quantitative estimate of drug-likeness (QED) is 0.829. The molecule has 0 aromatic heterocycles. The summed E-state index contributed by atoms with van der Waals surface area (Å²) in [5, 5.41) is 3.31. The molecule has 3 aliphatic rings. The van der Waals surface area contributed by atoms with Crippen molar-refractivity contribution in [1.82, 2.24) is 15.1 Å². The maximum absolute atomic E-state index is 12.4. The molecule has 4 nitrogen and oxygen atoms in total. The van der Waals surface area contributed by atoms with Gasteiger partial charge in [0.25, 0.3) is 0 Å². The van der Waals surface area contributed by atoms with Gasteiger partial charge in [0.2, 0.25) is 5.91 Å². The largest absolute Gasteiger partial charge is 0.339 e. The predicted octanol–water partition coefficient (Wildman–Crippen LogP) is 1.07. The lowest BCUT2D eigenvalue weighted by Gasteiger charge is -2.33. The fourth-order valence-corrected chi connectivity index (χ4v) is 4.11. The molecule has 4 heteroatoms. The van der Waals surface area contributed by atoms with Crippen molar-refractivity contribution < 1.29 is 4.79 Å². The van der Waals surface area contributed by atoms with Gasteiger partial charge in [-0.3, -0.25) is 9.69 Å².